The van der Waals surface area contributed by atoms with Crippen molar-refractivity contribution in [3.63, 3.8) is 0 Å². The Hall–Kier alpha value is -1.49. The molecule has 0 spiro atoms. The van der Waals surface area contributed by atoms with Gasteiger partial charge in [-0.2, -0.15) is 0 Å². The first kappa shape index (κ1) is 12.5. The molecule has 1 fully saturated rings. The van der Waals surface area contributed by atoms with Crippen molar-refractivity contribution >= 4 is 23.0 Å². The Morgan fingerprint density at radius 1 is 1.53 bits per heavy atom. The van der Waals surface area contributed by atoms with Crippen LogP contribution in [-0.4, -0.2) is 24.5 Å². The van der Waals surface area contributed by atoms with Crippen LogP contribution in [0.25, 0.3) is 10.4 Å². The van der Waals surface area contributed by atoms with Crippen molar-refractivity contribution < 1.29 is 4.74 Å². The Labute approximate surface area is 115 Å². The molecule has 1 aromatic carbocycles. The van der Waals surface area contributed by atoms with Crippen LogP contribution >= 0.6 is 11.8 Å². The van der Waals surface area contributed by atoms with Gasteiger partial charge in [-0.1, -0.05) is 23.3 Å². The van der Waals surface area contributed by atoms with Gasteiger partial charge in [0.2, 0.25) is 0 Å². The van der Waals surface area contributed by atoms with Crippen molar-refractivity contribution in [1.29, 1.82) is 0 Å². The van der Waals surface area contributed by atoms with E-state index in [1.54, 1.807) is 11.8 Å². The van der Waals surface area contributed by atoms with Gasteiger partial charge in [0.15, 0.2) is 0 Å². The fraction of sp³-hybridized carbons (Fsp3) is 0.462. The van der Waals surface area contributed by atoms with Crippen LogP contribution in [0.5, 0.6) is 0 Å². The molecule has 0 radical (unpaired) electrons. The lowest BCUT2D eigenvalue weighted by atomic mass is 9.76. The minimum atomic E-state index is -0.204. The Kier molecular flexibility index (Phi) is 3.46. The van der Waals surface area contributed by atoms with Crippen LogP contribution in [0.2, 0.25) is 0 Å². The summed E-state index contributed by atoms with van der Waals surface area (Å²) in [6.07, 6.45) is 0.883. The van der Waals surface area contributed by atoms with Crippen molar-refractivity contribution in [2.75, 3.05) is 19.0 Å². The normalized spacial score (nSPS) is 29.4. The maximum absolute atomic E-state index is 8.56. The zero-order valence-electron chi connectivity index (χ0n) is 10.4. The second-order valence-corrected chi connectivity index (χ2v) is 5.63. The Morgan fingerprint density at radius 2 is 2.47 bits per heavy atom. The lowest BCUT2D eigenvalue weighted by molar-refractivity contribution is 0.0104. The molecule has 2 atom stereocenters. The van der Waals surface area contributed by atoms with Crippen LogP contribution < -0.4 is 0 Å². The van der Waals surface area contributed by atoms with Crippen molar-refractivity contribution in [2.45, 2.75) is 12.0 Å². The summed E-state index contributed by atoms with van der Waals surface area (Å²) in [6.45, 7) is 1.47. The molecule has 3 rings (SSSR count). The van der Waals surface area contributed by atoms with E-state index >= 15 is 0 Å². The van der Waals surface area contributed by atoms with Gasteiger partial charge in [0, 0.05) is 35.3 Å². The van der Waals surface area contributed by atoms with Crippen LogP contribution in [0.4, 0.5) is 5.69 Å². The summed E-state index contributed by atoms with van der Waals surface area (Å²) in [7, 11) is 0. The van der Waals surface area contributed by atoms with Gasteiger partial charge >= 0.3 is 0 Å². The second-order valence-electron chi connectivity index (χ2n) is 4.75. The molecule has 0 bridgehead atoms. The zero-order chi connectivity index (χ0) is 13.1. The number of ether oxygens (including phenoxy) is 1. The molecule has 19 heavy (non-hydrogen) atoms. The van der Waals surface area contributed by atoms with Gasteiger partial charge in [0.25, 0.3) is 0 Å². The molecule has 1 aromatic rings. The summed E-state index contributed by atoms with van der Waals surface area (Å²) in [6, 6.07) is 7.76. The molecule has 1 saturated heterocycles. The molecule has 5 nitrogen and oxygen atoms in total. The van der Waals surface area contributed by atoms with Gasteiger partial charge in [0.1, 0.15) is 0 Å². The third kappa shape index (κ3) is 2.23. The molecule has 98 valence electrons. The van der Waals surface area contributed by atoms with Crippen molar-refractivity contribution in [2.24, 2.45) is 16.0 Å². The van der Waals surface area contributed by atoms with Gasteiger partial charge in [-0.15, -0.1) is 11.8 Å². The SMILES string of the molecule is [N-]=[N+]=Nc1cccc([C@]23CCOCC2CSC=N3)c1. The van der Waals surface area contributed by atoms with Crippen LogP contribution in [0.3, 0.4) is 0 Å². The summed E-state index contributed by atoms with van der Waals surface area (Å²) < 4.78 is 5.59. The van der Waals surface area contributed by atoms with Crippen molar-refractivity contribution in [3.05, 3.63) is 40.3 Å². The van der Waals surface area contributed by atoms with Gasteiger partial charge in [-0.25, -0.2) is 0 Å². The lowest BCUT2D eigenvalue weighted by Crippen LogP contribution is -2.44. The highest BCUT2D eigenvalue weighted by Crippen LogP contribution is 2.44. The van der Waals surface area contributed by atoms with E-state index in [-0.39, 0.29) is 5.54 Å². The fourth-order valence-corrected chi connectivity index (χ4v) is 3.74. The van der Waals surface area contributed by atoms with Crippen LogP contribution in [-0.2, 0) is 10.3 Å². The summed E-state index contributed by atoms with van der Waals surface area (Å²) in [5, 5.41) is 3.69. The number of nitrogens with zero attached hydrogens (tertiary/aromatic N) is 4. The number of hydrogen-bond donors (Lipinski definition) is 0. The number of hydrogen-bond acceptors (Lipinski definition) is 4. The largest absolute Gasteiger partial charge is 0.381 e. The molecule has 0 aromatic heterocycles. The molecule has 0 aliphatic carbocycles. The first-order valence-electron chi connectivity index (χ1n) is 6.24. The summed E-state index contributed by atoms with van der Waals surface area (Å²) >= 11 is 1.73. The Bertz CT molecular complexity index is 555. The molecule has 2 heterocycles. The van der Waals surface area contributed by atoms with Gasteiger partial charge in [-0.05, 0) is 17.2 Å². The first-order valence-corrected chi connectivity index (χ1v) is 7.29. The highest BCUT2D eigenvalue weighted by molar-refractivity contribution is 8.12. The van der Waals surface area contributed by atoms with Crippen LogP contribution in [0.15, 0.2) is 34.4 Å². The molecule has 0 amide bonds. The van der Waals surface area contributed by atoms with Crippen LogP contribution in [0.1, 0.15) is 12.0 Å². The minimum Gasteiger partial charge on any atom is -0.381 e. The molecule has 2 aliphatic heterocycles. The number of rotatable bonds is 2. The van der Waals surface area contributed by atoms with Crippen molar-refractivity contribution in [3.8, 4) is 0 Å². The standard InChI is InChI=1S/C13H14N4OS/c14-17-16-12-3-1-2-10(6-12)13-4-5-18-7-11(13)8-19-9-15-13/h1-3,6,9,11H,4-5,7-8H2/t11?,13-/m1/s1. The van der Waals surface area contributed by atoms with E-state index < -0.39 is 0 Å². The van der Waals surface area contributed by atoms with Crippen LogP contribution in [0, 0.1) is 5.92 Å². The smallest absolute Gasteiger partial charge is 0.0942 e. The van der Waals surface area contributed by atoms with E-state index in [0.717, 1.165) is 31.0 Å². The number of benzene rings is 1. The second kappa shape index (κ2) is 5.25. The van der Waals surface area contributed by atoms with Gasteiger partial charge in [0.05, 0.1) is 17.7 Å². The average molecular weight is 274 g/mol. The van der Waals surface area contributed by atoms with E-state index in [1.807, 2.05) is 23.7 Å². The number of azide groups is 1. The maximum Gasteiger partial charge on any atom is 0.0942 e. The summed E-state index contributed by atoms with van der Waals surface area (Å²) in [5.74, 6) is 1.41. The molecule has 0 N–H and O–H groups in total. The molecule has 0 saturated carbocycles. The number of thioether (sulfide) groups is 1. The fourth-order valence-electron chi connectivity index (χ4n) is 2.79. The molecular weight excluding hydrogens is 260 g/mol. The molecule has 1 unspecified atom stereocenters. The Morgan fingerprint density at radius 3 is 3.37 bits per heavy atom. The van der Waals surface area contributed by atoms with Gasteiger partial charge < -0.3 is 4.74 Å². The monoisotopic (exact) mass is 274 g/mol. The summed E-state index contributed by atoms with van der Waals surface area (Å²) in [5.41, 5.74) is 12.1. The van der Waals surface area contributed by atoms with E-state index in [2.05, 4.69) is 16.1 Å². The summed E-state index contributed by atoms with van der Waals surface area (Å²) in [4.78, 5) is 7.63. The van der Waals surface area contributed by atoms with E-state index in [9.17, 15) is 0 Å². The van der Waals surface area contributed by atoms with E-state index in [4.69, 9.17) is 15.3 Å². The number of fused-ring (bicyclic) bond motifs is 1. The highest BCUT2D eigenvalue weighted by atomic mass is 32.2. The van der Waals surface area contributed by atoms with E-state index in [0.29, 0.717) is 11.6 Å². The predicted octanol–water partition coefficient (Wildman–Crippen LogP) is 3.64. The van der Waals surface area contributed by atoms with Crippen molar-refractivity contribution in [1.82, 2.24) is 0 Å². The molecule has 6 heteroatoms. The average Bonchev–Trinajstić information content (AvgIpc) is 2.48. The molecule has 2 aliphatic rings. The zero-order valence-corrected chi connectivity index (χ0v) is 11.2. The van der Waals surface area contributed by atoms with Gasteiger partial charge in [-0.3, -0.25) is 4.99 Å². The minimum absolute atomic E-state index is 0.204. The lowest BCUT2D eigenvalue weighted by Gasteiger charge is -2.43. The topological polar surface area (TPSA) is 70.4 Å². The van der Waals surface area contributed by atoms with E-state index in [1.165, 1.54) is 0 Å². The first-order chi connectivity index (χ1) is 9.35. The number of aliphatic imine (C=N–C) groups is 1. The third-order valence-corrected chi connectivity index (χ3v) is 4.63. The maximum atomic E-state index is 8.56. The molecular formula is C13H14N4OS. The quantitative estimate of drug-likeness (QED) is 0.469. The predicted molar refractivity (Wildman–Crippen MR) is 76.8 cm³/mol. The Balaban J connectivity index is 2.06. The highest BCUT2D eigenvalue weighted by Gasteiger charge is 2.43. The third-order valence-electron chi connectivity index (χ3n) is 3.78.